The molecule has 0 aliphatic rings. The van der Waals surface area contributed by atoms with Crippen LogP contribution in [0, 0.1) is 0 Å². The highest BCUT2D eigenvalue weighted by Crippen LogP contribution is 2.10. The maximum absolute atomic E-state index is 4.18. The number of anilines is 2. The minimum Gasteiger partial charge on any atom is -0.370 e. The summed E-state index contributed by atoms with van der Waals surface area (Å²) in [5, 5.41) is 6.51. The summed E-state index contributed by atoms with van der Waals surface area (Å²) in [5.41, 5.74) is 0. The Balaban J connectivity index is 2.56. The first-order valence-electron chi connectivity index (χ1n) is 5.58. The average molecular weight is 208 g/mol. The number of hydrogen-bond acceptors (Lipinski definition) is 4. The lowest BCUT2D eigenvalue weighted by atomic mass is 10.2. The van der Waals surface area contributed by atoms with Gasteiger partial charge in [0.15, 0.2) is 0 Å². The van der Waals surface area contributed by atoms with Gasteiger partial charge in [-0.1, -0.05) is 13.3 Å². The maximum Gasteiger partial charge on any atom is 0.131 e. The van der Waals surface area contributed by atoms with Crippen molar-refractivity contribution in [1.29, 1.82) is 0 Å². The van der Waals surface area contributed by atoms with Gasteiger partial charge in [0, 0.05) is 18.7 Å². The summed E-state index contributed by atoms with van der Waals surface area (Å²) in [4.78, 5) is 8.30. The molecule has 1 unspecified atom stereocenters. The molecule has 0 aliphatic heterocycles. The van der Waals surface area contributed by atoms with Gasteiger partial charge in [0.25, 0.3) is 0 Å². The van der Waals surface area contributed by atoms with Crippen LogP contribution in [0.5, 0.6) is 0 Å². The molecular formula is C11H20N4. The lowest BCUT2D eigenvalue weighted by Crippen LogP contribution is -2.15. The second-order valence-electron chi connectivity index (χ2n) is 3.65. The molecule has 0 saturated carbocycles. The van der Waals surface area contributed by atoms with Gasteiger partial charge in [-0.05, 0) is 20.3 Å². The van der Waals surface area contributed by atoms with Gasteiger partial charge in [0.1, 0.15) is 18.0 Å². The van der Waals surface area contributed by atoms with Crippen molar-refractivity contribution in [3.05, 3.63) is 12.4 Å². The molecular weight excluding hydrogens is 188 g/mol. The molecule has 84 valence electrons. The molecule has 0 bridgehead atoms. The molecule has 15 heavy (non-hydrogen) atoms. The van der Waals surface area contributed by atoms with Gasteiger partial charge in [-0.25, -0.2) is 9.97 Å². The first-order chi connectivity index (χ1) is 7.26. The lowest BCUT2D eigenvalue weighted by molar-refractivity contribution is 0.687. The largest absolute Gasteiger partial charge is 0.370 e. The van der Waals surface area contributed by atoms with Crippen LogP contribution in [0.2, 0.25) is 0 Å². The fraction of sp³-hybridized carbons (Fsp3) is 0.636. The van der Waals surface area contributed by atoms with Crippen molar-refractivity contribution in [3.63, 3.8) is 0 Å². The van der Waals surface area contributed by atoms with E-state index in [1.807, 2.05) is 6.07 Å². The Labute approximate surface area is 91.5 Å². The Morgan fingerprint density at radius 3 is 2.67 bits per heavy atom. The molecule has 1 heterocycles. The second kappa shape index (κ2) is 6.22. The maximum atomic E-state index is 4.18. The van der Waals surface area contributed by atoms with Gasteiger partial charge in [-0.15, -0.1) is 0 Å². The second-order valence-corrected chi connectivity index (χ2v) is 3.65. The number of nitrogens with zero attached hydrogens (tertiary/aromatic N) is 2. The molecule has 4 nitrogen and oxygen atoms in total. The van der Waals surface area contributed by atoms with Crippen molar-refractivity contribution >= 4 is 11.6 Å². The molecule has 1 rings (SSSR count). The van der Waals surface area contributed by atoms with Crippen molar-refractivity contribution in [3.8, 4) is 0 Å². The van der Waals surface area contributed by atoms with Crippen LogP contribution in [-0.2, 0) is 0 Å². The normalized spacial score (nSPS) is 12.2. The fourth-order valence-corrected chi connectivity index (χ4v) is 1.47. The summed E-state index contributed by atoms with van der Waals surface area (Å²) >= 11 is 0. The van der Waals surface area contributed by atoms with E-state index in [1.165, 1.54) is 6.42 Å². The van der Waals surface area contributed by atoms with E-state index in [1.54, 1.807) is 6.33 Å². The van der Waals surface area contributed by atoms with E-state index in [-0.39, 0.29) is 0 Å². The number of nitrogens with one attached hydrogen (secondary N) is 2. The first kappa shape index (κ1) is 11.8. The van der Waals surface area contributed by atoms with Crippen molar-refractivity contribution in [2.45, 2.75) is 39.7 Å². The van der Waals surface area contributed by atoms with E-state index in [0.717, 1.165) is 24.6 Å². The zero-order chi connectivity index (χ0) is 11.1. The van der Waals surface area contributed by atoms with E-state index < -0.39 is 0 Å². The Bertz CT molecular complexity index is 288. The predicted molar refractivity (Wildman–Crippen MR) is 64.2 cm³/mol. The Kier molecular flexibility index (Phi) is 4.87. The monoisotopic (exact) mass is 208 g/mol. The third-order valence-corrected chi connectivity index (χ3v) is 2.14. The van der Waals surface area contributed by atoms with Crippen LogP contribution < -0.4 is 10.6 Å². The van der Waals surface area contributed by atoms with E-state index in [4.69, 9.17) is 0 Å². The summed E-state index contributed by atoms with van der Waals surface area (Å²) in [6, 6.07) is 2.40. The Morgan fingerprint density at radius 2 is 2.00 bits per heavy atom. The van der Waals surface area contributed by atoms with Crippen molar-refractivity contribution < 1.29 is 0 Å². The average Bonchev–Trinajstić information content (AvgIpc) is 2.19. The molecule has 0 aliphatic carbocycles. The zero-order valence-electron chi connectivity index (χ0n) is 9.75. The SMILES string of the molecule is CCCC(C)Nc1cc(NCC)ncn1. The van der Waals surface area contributed by atoms with E-state index in [0.29, 0.717) is 6.04 Å². The standard InChI is InChI=1S/C11H20N4/c1-4-6-9(3)15-11-7-10(12-5-2)13-8-14-11/h7-9H,4-6H2,1-3H3,(H2,12,13,14,15). The minimum absolute atomic E-state index is 0.458. The van der Waals surface area contributed by atoms with Crippen molar-refractivity contribution in [1.82, 2.24) is 9.97 Å². The third-order valence-electron chi connectivity index (χ3n) is 2.14. The van der Waals surface area contributed by atoms with E-state index in [9.17, 15) is 0 Å². The van der Waals surface area contributed by atoms with Crippen LogP contribution in [0.3, 0.4) is 0 Å². The van der Waals surface area contributed by atoms with Crippen LogP contribution in [-0.4, -0.2) is 22.6 Å². The van der Waals surface area contributed by atoms with Crippen LogP contribution >= 0.6 is 0 Å². The molecule has 1 atom stereocenters. The molecule has 0 saturated heterocycles. The van der Waals surface area contributed by atoms with Crippen LogP contribution in [0.4, 0.5) is 11.6 Å². The summed E-state index contributed by atoms with van der Waals surface area (Å²) in [7, 11) is 0. The summed E-state index contributed by atoms with van der Waals surface area (Å²) in [6.07, 6.45) is 3.92. The van der Waals surface area contributed by atoms with Gasteiger partial charge in [0.2, 0.25) is 0 Å². The minimum atomic E-state index is 0.458. The summed E-state index contributed by atoms with van der Waals surface area (Å²) in [6.45, 7) is 7.27. The lowest BCUT2D eigenvalue weighted by Gasteiger charge is -2.13. The van der Waals surface area contributed by atoms with E-state index in [2.05, 4.69) is 41.4 Å². The van der Waals surface area contributed by atoms with Gasteiger partial charge < -0.3 is 10.6 Å². The van der Waals surface area contributed by atoms with Gasteiger partial charge >= 0.3 is 0 Å². The number of rotatable bonds is 6. The molecule has 0 amide bonds. The summed E-state index contributed by atoms with van der Waals surface area (Å²) < 4.78 is 0. The molecule has 2 N–H and O–H groups in total. The molecule has 0 spiro atoms. The zero-order valence-corrected chi connectivity index (χ0v) is 9.75. The quantitative estimate of drug-likeness (QED) is 0.754. The highest BCUT2D eigenvalue weighted by Gasteiger charge is 2.02. The first-order valence-corrected chi connectivity index (χ1v) is 5.58. The highest BCUT2D eigenvalue weighted by molar-refractivity contribution is 5.46. The van der Waals surface area contributed by atoms with Gasteiger partial charge in [0.05, 0.1) is 0 Å². The van der Waals surface area contributed by atoms with E-state index >= 15 is 0 Å². The summed E-state index contributed by atoms with van der Waals surface area (Å²) in [5.74, 6) is 1.76. The fourth-order valence-electron chi connectivity index (χ4n) is 1.47. The van der Waals surface area contributed by atoms with Gasteiger partial charge in [-0.2, -0.15) is 0 Å². The highest BCUT2D eigenvalue weighted by atomic mass is 15.1. The number of aromatic nitrogens is 2. The molecule has 0 radical (unpaired) electrons. The van der Waals surface area contributed by atoms with Crippen LogP contribution in [0.1, 0.15) is 33.6 Å². The smallest absolute Gasteiger partial charge is 0.131 e. The molecule has 1 aromatic heterocycles. The predicted octanol–water partition coefficient (Wildman–Crippen LogP) is 2.51. The number of hydrogen-bond donors (Lipinski definition) is 2. The van der Waals surface area contributed by atoms with Crippen LogP contribution in [0.25, 0.3) is 0 Å². The molecule has 1 aromatic rings. The Hall–Kier alpha value is -1.32. The van der Waals surface area contributed by atoms with Gasteiger partial charge in [-0.3, -0.25) is 0 Å². The Morgan fingerprint density at radius 1 is 1.27 bits per heavy atom. The van der Waals surface area contributed by atoms with Crippen LogP contribution in [0.15, 0.2) is 12.4 Å². The molecule has 0 aromatic carbocycles. The molecule has 0 fully saturated rings. The van der Waals surface area contributed by atoms with Crippen molar-refractivity contribution in [2.75, 3.05) is 17.2 Å². The third kappa shape index (κ3) is 4.14. The molecule has 4 heteroatoms. The van der Waals surface area contributed by atoms with Crippen molar-refractivity contribution in [2.24, 2.45) is 0 Å². The topological polar surface area (TPSA) is 49.8 Å².